The maximum atomic E-state index is 13.2. The summed E-state index contributed by atoms with van der Waals surface area (Å²) in [6.07, 6.45) is 1.77. The van der Waals surface area contributed by atoms with E-state index < -0.39 is 4.92 Å². The van der Waals surface area contributed by atoms with Crippen molar-refractivity contribution in [1.82, 2.24) is 14.9 Å². The molecule has 1 saturated heterocycles. The molecular weight excluding hydrogens is 444 g/mol. The van der Waals surface area contributed by atoms with Crippen LogP contribution in [0.1, 0.15) is 24.2 Å². The highest BCUT2D eigenvalue weighted by molar-refractivity contribution is 6.33. The first-order valence-corrected chi connectivity index (χ1v) is 11.1. The van der Waals surface area contributed by atoms with Crippen LogP contribution in [0.2, 0.25) is 5.15 Å². The Labute approximate surface area is 196 Å². The van der Waals surface area contributed by atoms with E-state index in [1.54, 1.807) is 35.4 Å². The molecule has 4 rings (SSSR count). The molecule has 0 atom stereocenters. The van der Waals surface area contributed by atoms with E-state index >= 15 is 0 Å². The van der Waals surface area contributed by atoms with Gasteiger partial charge in [-0.1, -0.05) is 23.7 Å². The van der Waals surface area contributed by atoms with Gasteiger partial charge in [0.1, 0.15) is 5.15 Å². The number of halogens is 1. The number of nitrogens with one attached hydrogen (secondary N) is 2. The van der Waals surface area contributed by atoms with Gasteiger partial charge in [0.05, 0.1) is 27.4 Å². The number of carbonyl (C=O) groups is 1. The van der Waals surface area contributed by atoms with Gasteiger partial charge in [0, 0.05) is 44.5 Å². The van der Waals surface area contributed by atoms with Crippen LogP contribution in [0.25, 0.3) is 11.3 Å². The fourth-order valence-corrected chi connectivity index (χ4v) is 4.19. The molecule has 3 aromatic rings. The quantitative estimate of drug-likeness (QED) is 0.409. The second-order valence-corrected chi connectivity index (χ2v) is 8.52. The van der Waals surface area contributed by atoms with Gasteiger partial charge in [-0.3, -0.25) is 14.9 Å². The van der Waals surface area contributed by atoms with Crippen molar-refractivity contribution in [3.8, 4) is 11.3 Å². The van der Waals surface area contributed by atoms with Crippen molar-refractivity contribution >= 4 is 34.7 Å². The first kappa shape index (κ1) is 22.6. The Morgan fingerprint density at radius 3 is 2.61 bits per heavy atom. The Morgan fingerprint density at radius 1 is 1.18 bits per heavy atom. The number of aromatic nitrogens is 2. The molecule has 9 nitrogen and oxygen atoms in total. The maximum absolute atomic E-state index is 13.2. The zero-order chi connectivity index (χ0) is 23.5. The van der Waals surface area contributed by atoms with E-state index in [2.05, 4.69) is 34.0 Å². The molecule has 0 bridgehead atoms. The lowest BCUT2D eigenvalue weighted by atomic mass is 10.1. The summed E-state index contributed by atoms with van der Waals surface area (Å²) in [7, 11) is 0. The Hall–Kier alpha value is -3.59. The number of pyridine rings is 1. The van der Waals surface area contributed by atoms with Crippen LogP contribution in [0.15, 0.2) is 48.7 Å². The van der Waals surface area contributed by atoms with E-state index in [-0.39, 0.29) is 22.8 Å². The molecule has 0 aliphatic carbocycles. The van der Waals surface area contributed by atoms with Crippen LogP contribution in [-0.2, 0) is 0 Å². The van der Waals surface area contributed by atoms with Gasteiger partial charge in [-0.15, -0.1) is 0 Å². The molecule has 0 radical (unpaired) electrons. The maximum Gasteiger partial charge on any atom is 0.278 e. The monoisotopic (exact) mass is 468 g/mol. The number of benzene rings is 1. The van der Waals surface area contributed by atoms with Gasteiger partial charge in [0.2, 0.25) is 0 Å². The molecule has 1 fully saturated rings. The number of rotatable bonds is 6. The van der Waals surface area contributed by atoms with Gasteiger partial charge in [-0.25, -0.2) is 4.98 Å². The van der Waals surface area contributed by atoms with Crippen molar-refractivity contribution in [1.29, 1.82) is 0 Å². The van der Waals surface area contributed by atoms with Gasteiger partial charge in [-0.05, 0) is 38.1 Å². The minimum Gasteiger partial charge on any atom is -0.380 e. The number of nitro groups is 1. The Bertz CT molecular complexity index is 1170. The topological polar surface area (TPSA) is 107 Å². The largest absolute Gasteiger partial charge is 0.380 e. The number of amides is 1. The summed E-state index contributed by atoms with van der Waals surface area (Å²) in [5, 5.41) is 15.0. The average Bonchev–Trinajstić information content (AvgIpc) is 3.20. The standard InChI is InChI=1S/C23H25ClN6O3/c1-15(2)26-18-7-5-9-25-22(18)28-10-12-29(13-11-28)23(31)17-14-19(27-21(17)24)16-6-3-4-8-20(16)30(32)33/h3-9,14-15,26-27H,10-13H2,1-2H3. The highest BCUT2D eigenvalue weighted by atomic mass is 35.5. The third-order valence-electron chi connectivity index (χ3n) is 5.49. The molecule has 1 aliphatic heterocycles. The van der Waals surface area contributed by atoms with Crippen molar-refractivity contribution in [3.05, 3.63) is 69.5 Å². The molecule has 2 N–H and O–H groups in total. The van der Waals surface area contributed by atoms with Gasteiger partial charge >= 0.3 is 0 Å². The summed E-state index contributed by atoms with van der Waals surface area (Å²) in [4.78, 5) is 35.5. The SMILES string of the molecule is CC(C)Nc1cccnc1N1CCN(C(=O)c2cc(-c3ccccc3[N+](=O)[O-])[nH]c2Cl)CC1. The lowest BCUT2D eigenvalue weighted by molar-refractivity contribution is -0.384. The number of anilines is 2. The molecule has 10 heteroatoms. The Kier molecular flexibility index (Phi) is 6.50. The van der Waals surface area contributed by atoms with Crippen LogP contribution in [0.5, 0.6) is 0 Å². The van der Waals surface area contributed by atoms with Crippen LogP contribution in [-0.4, -0.2) is 57.9 Å². The molecule has 2 aromatic heterocycles. The number of piperazine rings is 1. The number of H-pyrrole nitrogens is 1. The molecule has 1 amide bonds. The normalized spacial score (nSPS) is 13.9. The highest BCUT2D eigenvalue weighted by Crippen LogP contribution is 2.32. The first-order chi connectivity index (χ1) is 15.8. The average molecular weight is 469 g/mol. The summed E-state index contributed by atoms with van der Waals surface area (Å²) >= 11 is 6.33. The van der Waals surface area contributed by atoms with E-state index in [0.717, 1.165) is 11.5 Å². The van der Waals surface area contributed by atoms with Gasteiger partial charge in [0.25, 0.3) is 11.6 Å². The fraction of sp³-hybridized carbons (Fsp3) is 0.304. The van der Waals surface area contributed by atoms with Gasteiger partial charge in [-0.2, -0.15) is 0 Å². The van der Waals surface area contributed by atoms with E-state index in [4.69, 9.17) is 11.6 Å². The molecule has 1 aromatic carbocycles. The molecule has 172 valence electrons. The lowest BCUT2D eigenvalue weighted by Gasteiger charge is -2.36. The first-order valence-electron chi connectivity index (χ1n) is 10.7. The van der Waals surface area contributed by atoms with Crippen molar-refractivity contribution in [3.63, 3.8) is 0 Å². The van der Waals surface area contributed by atoms with E-state index in [1.807, 2.05) is 12.1 Å². The van der Waals surface area contributed by atoms with Crippen LogP contribution < -0.4 is 10.2 Å². The molecule has 0 saturated carbocycles. The van der Waals surface area contributed by atoms with Crippen LogP contribution in [0.4, 0.5) is 17.2 Å². The zero-order valence-corrected chi connectivity index (χ0v) is 19.2. The second kappa shape index (κ2) is 9.50. The smallest absolute Gasteiger partial charge is 0.278 e. The van der Waals surface area contributed by atoms with Crippen LogP contribution in [0, 0.1) is 10.1 Å². The molecule has 1 aliphatic rings. The van der Waals surface area contributed by atoms with E-state index in [9.17, 15) is 14.9 Å². The fourth-order valence-electron chi connectivity index (χ4n) is 3.95. The third kappa shape index (κ3) is 4.78. The summed E-state index contributed by atoms with van der Waals surface area (Å²) in [5.74, 6) is 0.666. The lowest BCUT2D eigenvalue weighted by Crippen LogP contribution is -2.49. The summed E-state index contributed by atoms with van der Waals surface area (Å²) in [6.45, 7) is 6.44. The molecule has 0 spiro atoms. The number of aromatic amines is 1. The third-order valence-corrected chi connectivity index (χ3v) is 5.79. The van der Waals surface area contributed by atoms with Crippen LogP contribution in [0.3, 0.4) is 0 Å². The number of nitro benzene ring substituents is 1. The Balaban J connectivity index is 1.49. The van der Waals surface area contributed by atoms with Crippen molar-refractivity contribution in [2.24, 2.45) is 0 Å². The van der Waals surface area contributed by atoms with Crippen molar-refractivity contribution < 1.29 is 9.72 Å². The minimum absolute atomic E-state index is 0.0517. The Morgan fingerprint density at radius 2 is 1.91 bits per heavy atom. The second-order valence-electron chi connectivity index (χ2n) is 8.14. The zero-order valence-electron chi connectivity index (χ0n) is 18.4. The number of hydrogen-bond donors (Lipinski definition) is 2. The predicted octanol–water partition coefficient (Wildman–Crippen LogP) is 4.42. The predicted molar refractivity (Wildman–Crippen MR) is 129 cm³/mol. The minimum atomic E-state index is -0.454. The number of carbonyl (C=O) groups excluding carboxylic acids is 1. The summed E-state index contributed by atoms with van der Waals surface area (Å²) in [5.41, 5.74) is 2.04. The van der Waals surface area contributed by atoms with Gasteiger partial charge < -0.3 is 20.1 Å². The van der Waals surface area contributed by atoms with Crippen molar-refractivity contribution in [2.45, 2.75) is 19.9 Å². The number of hydrogen-bond acceptors (Lipinski definition) is 6. The summed E-state index contributed by atoms with van der Waals surface area (Å²) < 4.78 is 0. The molecule has 33 heavy (non-hydrogen) atoms. The van der Waals surface area contributed by atoms with Crippen LogP contribution >= 0.6 is 11.6 Å². The highest BCUT2D eigenvalue weighted by Gasteiger charge is 2.27. The van der Waals surface area contributed by atoms with Gasteiger partial charge in [0.15, 0.2) is 5.82 Å². The number of nitrogens with zero attached hydrogens (tertiary/aromatic N) is 4. The number of para-hydroxylation sites is 1. The molecule has 0 unspecified atom stereocenters. The molecular formula is C23H25ClN6O3. The molecule has 3 heterocycles. The van der Waals surface area contributed by atoms with E-state index in [0.29, 0.717) is 43.0 Å². The summed E-state index contributed by atoms with van der Waals surface area (Å²) in [6, 6.07) is 12.1. The van der Waals surface area contributed by atoms with E-state index in [1.165, 1.54) is 6.07 Å². The van der Waals surface area contributed by atoms with Crippen molar-refractivity contribution in [2.75, 3.05) is 36.4 Å².